The number of carbonyl (C=O) groups is 3. The van der Waals surface area contributed by atoms with Crippen LogP contribution in [0.5, 0.6) is 0 Å². The third-order valence-electron chi connectivity index (χ3n) is 11.6. The van der Waals surface area contributed by atoms with E-state index in [4.69, 9.17) is 14.2 Å². The van der Waals surface area contributed by atoms with Crippen LogP contribution in [0.1, 0.15) is 278 Å². The molecule has 0 saturated carbocycles. The van der Waals surface area contributed by atoms with Gasteiger partial charge in [-0.15, -0.1) is 0 Å². The van der Waals surface area contributed by atoms with Crippen molar-refractivity contribution in [2.45, 2.75) is 284 Å². The lowest BCUT2D eigenvalue weighted by molar-refractivity contribution is -0.167. The first-order valence-corrected chi connectivity index (χ1v) is 26.5. The maximum atomic E-state index is 12.8. The van der Waals surface area contributed by atoms with Crippen molar-refractivity contribution in [2.24, 2.45) is 0 Å². The third kappa shape index (κ3) is 48.5. The van der Waals surface area contributed by atoms with Gasteiger partial charge in [-0.3, -0.25) is 14.4 Å². The number of esters is 3. The van der Waals surface area contributed by atoms with E-state index >= 15 is 0 Å². The number of hydrogen-bond donors (Lipinski definition) is 0. The summed E-state index contributed by atoms with van der Waals surface area (Å²) < 4.78 is 16.7. The summed E-state index contributed by atoms with van der Waals surface area (Å²) in [5.74, 6) is -0.913. The van der Waals surface area contributed by atoms with Gasteiger partial charge >= 0.3 is 17.9 Å². The number of unbranched alkanes of at least 4 members (excludes halogenated alkanes) is 31. The molecule has 61 heavy (non-hydrogen) atoms. The summed E-state index contributed by atoms with van der Waals surface area (Å²) in [4.78, 5) is 37.9. The molecule has 0 amide bonds. The smallest absolute Gasteiger partial charge is 0.306 e. The lowest BCUT2D eigenvalue weighted by atomic mass is 10.0. The molecule has 0 aliphatic rings. The van der Waals surface area contributed by atoms with Crippen LogP contribution >= 0.6 is 0 Å². The van der Waals surface area contributed by atoms with Crippen LogP contribution in [0.15, 0.2) is 36.5 Å². The number of allylic oxidation sites excluding steroid dienone is 6. The van der Waals surface area contributed by atoms with Crippen LogP contribution < -0.4 is 0 Å². The number of hydrogen-bond acceptors (Lipinski definition) is 6. The minimum atomic E-state index is -0.786. The van der Waals surface area contributed by atoms with Crippen molar-refractivity contribution in [1.29, 1.82) is 0 Å². The second-order valence-corrected chi connectivity index (χ2v) is 17.8. The molecule has 0 bridgehead atoms. The molecule has 6 heteroatoms. The molecule has 0 fully saturated rings. The van der Waals surface area contributed by atoms with Crippen LogP contribution in [0.2, 0.25) is 0 Å². The van der Waals surface area contributed by atoms with Crippen molar-refractivity contribution >= 4 is 17.9 Å². The zero-order valence-electron chi connectivity index (χ0n) is 40.7. The Kier molecular flexibility index (Phi) is 48.3. The monoisotopic (exact) mass is 857 g/mol. The highest BCUT2D eigenvalue weighted by molar-refractivity contribution is 5.71. The summed E-state index contributed by atoms with van der Waals surface area (Å²) in [6.45, 7) is 6.58. The molecule has 0 radical (unpaired) electrons. The molecule has 0 aromatic heterocycles. The second kappa shape index (κ2) is 50.3. The van der Waals surface area contributed by atoms with Crippen LogP contribution in [-0.2, 0) is 28.6 Å². The van der Waals surface area contributed by atoms with Crippen LogP contribution in [0.4, 0.5) is 0 Å². The molecule has 0 aromatic carbocycles. The maximum absolute atomic E-state index is 12.8. The molecule has 0 rings (SSSR count). The fourth-order valence-electron chi connectivity index (χ4n) is 7.63. The molecule has 0 saturated heterocycles. The molecule has 0 heterocycles. The Balaban J connectivity index is 4.31. The number of carbonyl (C=O) groups excluding carboxylic acids is 3. The zero-order chi connectivity index (χ0) is 44.4. The van der Waals surface area contributed by atoms with Crippen molar-refractivity contribution < 1.29 is 28.6 Å². The van der Waals surface area contributed by atoms with E-state index < -0.39 is 6.10 Å². The van der Waals surface area contributed by atoms with Crippen LogP contribution in [0.25, 0.3) is 0 Å². The molecule has 6 nitrogen and oxygen atoms in total. The van der Waals surface area contributed by atoms with Crippen molar-refractivity contribution in [1.82, 2.24) is 0 Å². The van der Waals surface area contributed by atoms with Gasteiger partial charge in [-0.1, -0.05) is 237 Å². The van der Waals surface area contributed by atoms with Gasteiger partial charge in [-0.25, -0.2) is 0 Å². The van der Waals surface area contributed by atoms with E-state index in [-0.39, 0.29) is 37.5 Å². The van der Waals surface area contributed by atoms with E-state index in [2.05, 4.69) is 57.2 Å². The standard InChI is InChI=1S/C55H100O6/c1-4-7-10-13-16-19-21-23-25-26-27-28-30-31-33-36-39-42-45-48-54(57)60-51-52(50-59-53(56)47-44-41-38-35-18-15-12-9-6-3)61-55(58)49-46-43-40-37-34-32-29-24-22-20-17-14-11-8-5-2/h17,20,24,29,34,37,52H,4-16,18-19,21-23,25-28,30-33,35-36,38-51H2,1-3H3/b20-17-,29-24-,37-34-/t52-/m1/s1. The molecule has 0 aromatic rings. The van der Waals surface area contributed by atoms with Gasteiger partial charge in [-0.05, 0) is 57.8 Å². The molecule has 0 aliphatic heterocycles. The summed E-state index contributed by atoms with van der Waals surface area (Å²) in [6.07, 6.45) is 58.5. The summed E-state index contributed by atoms with van der Waals surface area (Å²) in [6, 6.07) is 0. The van der Waals surface area contributed by atoms with Crippen molar-refractivity contribution in [3.63, 3.8) is 0 Å². The molecule has 356 valence electrons. The van der Waals surface area contributed by atoms with E-state index in [0.717, 1.165) is 64.2 Å². The van der Waals surface area contributed by atoms with Gasteiger partial charge in [-0.2, -0.15) is 0 Å². The first kappa shape index (κ1) is 58.6. The van der Waals surface area contributed by atoms with E-state index in [1.165, 1.54) is 167 Å². The van der Waals surface area contributed by atoms with Gasteiger partial charge in [0.15, 0.2) is 6.10 Å². The van der Waals surface area contributed by atoms with Crippen molar-refractivity contribution in [3.8, 4) is 0 Å². The van der Waals surface area contributed by atoms with Gasteiger partial charge in [0.1, 0.15) is 13.2 Å². The molecule has 0 spiro atoms. The fraction of sp³-hybridized carbons (Fsp3) is 0.836. The summed E-state index contributed by atoms with van der Waals surface area (Å²) >= 11 is 0. The van der Waals surface area contributed by atoms with Gasteiger partial charge in [0.05, 0.1) is 0 Å². The quantitative estimate of drug-likeness (QED) is 0.0262. The molecular weight excluding hydrogens is 757 g/mol. The first-order valence-electron chi connectivity index (χ1n) is 26.5. The summed E-state index contributed by atoms with van der Waals surface area (Å²) in [5, 5.41) is 0. The lowest BCUT2D eigenvalue weighted by Gasteiger charge is -2.18. The highest BCUT2D eigenvalue weighted by Gasteiger charge is 2.19. The zero-order valence-corrected chi connectivity index (χ0v) is 40.7. The predicted octanol–water partition coefficient (Wildman–Crippen LogP) is 17.3. The van der Waals surface area contributed by atoms with Gasteiger partial charge in [0, 0.05) is 19.3 Å². The van der Waals surface area contributed by atoms with Crippen molar-refractivity contribution in [3.05, 3.63) is 36.5 Å². The van der Waals surface area contributed by atoms with Crippen LogP contribution in [0, 0.1) is 0 Å². The highest BCUT2D eigenvalue weighted by atomic mass is 16.6. The number of rotatable bonds is 48. The Morgan fingerprint density at radius 1 is 0.328 bits per heavy atom. The highest BCUT2D eigenvalue weighted by Crippen LogP contribution is 2.16. The van der Waals surface area contributed by atoms with E-state index in [9.17, 15) is 14.4 Å². The SMILES string of the molecule is CCCCC/C=C\C/C=C\C/C=C\CCCCC(=O)O[C@H](COC(=O)CCCCCCCCCCC)COC(=O)CCCCCCCCCCCCCCCCCCCCC. The fourth-order valence-corrected chi connectivity index (χ4v) is 7.63. The Bertz CT molecular complexity index is 1030. The molecule has 0 aliphatic carbocycles. The maximum Gasteiger partial charge on any atom is 0.306 e. The molecule has 1 atom stereocenters. The van der Waals surface area contributed by atoms with E-state index in [0.29, 0.717) is 19.3 Å². The average Bonchev–Trinajstić information content (AvgIpc) is 3.26. The minimum Gasteiger partial charge on any atom is -0.462 e. The molecular formula is C55H100O6. The van der Waals surface area contributed by atoms with Crippen molar-refractivity contribution in [2.75, 3.05) is 13.2 Å². The topological polar surface area (TPSA) is 78.9 Å². The second-order valence-electron chi connectivity index (χ2n) is 17.8. The molecule has 0 N–H and O–H groups in total. The van der Waals surface area contributed by atoms with Gasteiger partial charge < -0.3 is 14.2 Å². The lowest BCUT2D eigenvalue weighted by Crippen LogP contribution is -2.30. The van der Waals surface area contributed by atoms with Gasteiger partial charge in [0.2, 0.25) is 0 Å². The van der Waals surface area contributed by atoms with Crippen LogP contribution in [-0.4, -0.2) is 37.2 Å². The Morgan fingerprint density at radius 3 is 0.951 bits per heavy atom. The Morgan fingerprint density at radius 2 is 0.590 bits per heavy atom. The minimum absolute atomic E-state index is 0.0834. The third-order valence-corrected chi connectivity index (χ3v) is 11.6. The van der Waals surface area contributed by atoms with Crippen LogP contribution in [0.3, 0.4) is 0 Å². The predicted molar refractivity (Wildman–Crippen MR) is 261 cm³/mol. The largest absolute Gasteiger partial charge is 0.462 e. The summed E-state index contributed by atoms with van der Waals surface area (Å²) in [5.41, 5.74) is 0. The van der Waals surface area contributed by atoms with E-state index in [1.807, 2.05) is 0 Å². The molecule has 0 unspecified atom stereocenters. The normalized spacial score (nSPS) is 12.2. The van der Waals surface area contributed by atoms with E-state index in [1.54, 1.807) is 0 Å². The number of ether oxygens (including phenoxy) is 3. The van der Waals surface area contributed by atoms with Gasteiger partial charge in [0.25, 0.3) is 0 Å². The average molecular weight is 857 g/mol. The summed E-state index contributed by atoms with van der Waals surface area (Å²) in [7, 11) is 0. The first-order chi connectivity index (χ1) is 30.0. The Labute approximate surface area is 378 Å². The Hall–Kier alpha value is -2.37.